The van der Waals surface area contributed by atoms with Gasteiger partial charge in [0.15, 0.2) is 33.6 Å². The number of likely N-dealkylation sites (tertiary alicyclic amines) is 2. The highest BCUT2D eigenvalue weighted by atomic mass is 79.9. The van der Waals surface area contributed by atoms with Crippen LogP contribution in [0.25, 0.3) is 11.2 Å². The van der Waals surface area contributed by atoms with Crippen LogP contribution in [0.3, 0.4) is 0 Å². The third-order valence-corrected chi connectivity index (χ3v) is 10.8. The zero-order valence-electron chi connectivity index (χ0n) is 23.8. The topological polar surface area (TPSA) is 149 Å². The lowest BCUT2D eigenvalue weighted by Crippen LogP contribution is -2.74. The third-order valence-electron chi connectivity index (χ3n) is 8.80. The van der Waals surface area contributed by atoms with Crippen LogP contribution >= 0.6 is 27.7 Å². The Kier molecular flexibility index (Phi) is 7.40. The normalized spacial score (nSPS) is 20.7. The first kappa shape index (κ1) is 28.8. The predicted molar refractivity (Wildman–Crippen MR) is 160 cm³/mol. The van der Waals surface area contributed by atoms with Crippen LogP contribution in [0.15, 0.2) is 33.0 Å². The minimum Gasteiger partial charge on any atom is -0.465 e. The van der Waals surface area contributed by atoms with Crippen molar-refractivity contribution in [2.24, 2.45) is 11.3 Å². The first-order chi connectivity index (χ1) is 20.0. The number of nitrogen functional groups attached to an aromatic ring is 1. The molecule has 3 N–H and O–H groups in total. The molecule has 0 aliphatic carbocycles. The molecule has 3 aliphatic heterocycles. The molecular weight excluding hydrogens is 626 g/mol. The van der Waals surface area contributed by atoms with E-state index in [0.29, 0.717) is 67.0 Å². The van der Waals surface area contributed by atoms with Gasteiger partial charge in [-0.25, -0.2) is 19.7 Å². The van der Waals surface area contributed by atoms with Crippen molar-refractivity contribution in [3.05, 3.63) is 22.9 Å². The quantitative estimate of drug-likeness (QED) is 0.376. The van der Waals surface area contributed by atoms with E-state index in [9.17, 15) is 14.7 Å². The van der Waals surface area contributed by atoms with Gasteiger partial charge < -0.3 is 29.8 Å². The monoisotopic (exact) mass is 659 g/mol. The number of nitrogens with two attached hydrogens (primary N) is 1. The molecule has 12 nitrogen and oxygen atoms in total. The Morgan fingerprint density at radius 3 is 2.52 bits per heavy atom. The van der Waals surface area contributed by atoms with Gasteiger partial charge in [-0.1, -0.05) is 32.5 Å². The molecular formula is C28H34BrN7O5S. The third kappa shape index (κ3) is 4.81. The van der Waals surface area contributed by atoms with Crippen LogP contribution in [0.2, 0.25) is 0 Å². The Balaban J connectivity index is 1.16. The molecule has 0 spiro atoms. The zero-order chi connectivity index (χ0) is 29.8. The number of aryl methyl sites for hydroxylation is 1. The van der Waals surface area contributed by atoms with E-state index >= 15 is 0 Å². The van der Waals surface area contributed by atoms with Gasteiger partial charge in [-0.3, -0.25) is 9.69 Å². The molecule has 0 saturated carbocycles. The first-order valence-electron chi connectivity index (χ1n) is 14.0. The number of rotatable bonds is 6. The summed E-state index contributed by atoms with van der Waals surface area (Å²) in [5.41, 5.74) is 5.91. The number of halogens is 1. The van der Waals surface area contributed by atoms with E-state index in [1.165, 1.54) is 23.0 Å². The summed E-state index contributed by atoms with van der Waals surface area (Å²) in [7, 11) is 0. The Morgan fingerprint density at radius 2 is 1.88 bits per heavy atom. The molecule has 0 unspecified atom stereocenters. The number of benzene rings is 1. The van der Waals surface area contributed by atoms with Crippen molar-refractivity contribution in [3.8, 4) is 11.5 Å². The molecule has 3 aliphatic rings. The Bertz CT molecular complexity index is 1550. The Hall–Kier alpha value is -3.26. The second-order valence-corrected chi connectivity index (χ2v) is 13.9. The maximum Gasteiger partial charge on any atom is 0.408 e. The molecule has 6 rings (SSSR count). The Morgan fingerprint density at radius 1 is 1.17 bits per heavy atom. The van der Waals surface area contributed by atoms with Gasteiger partial charge in [0.2, 0.25) is 12.7 Å². The minimum absolute atomic E-state index is 0.0668. The van der Waals surface area contributed by atoms with Crippen LogP contribution in [-0.2, 0) is 11.3 Å². The van der Waals surface area contributed by atoms with Gasteiger partial charge >= 0.3 is 6.09 Å². The van der Waals surface area contributed by atoms with Gasteiger partial charge in [0, 0.05) is 35.5 Å². The minimum atomic E-state index is -1.03. The van der Waals surface area contributed by atoms with Crippen LogP contribution in [0.4, 0.5) is 10.6 Å². The zero-order valence-corrected chi connectivity index (χ0v) is 26.2. The maximum absolute atomic E-state index is 13.8. The number of carbonyl (C=O) groups excluding carboxylic acids is 1. The molecule has 0 bridgehead atoms. The molecule has 2 amide bonds. The summed E-state index contributed by atoms with van der Waals surface area (Å²) >= 11 is 5.13. The van der Waals surface area contributed by atoms with Crippen molar-refractivity contribution < 1.29 is 24.2 Å². The van der Waals surface area contributed by atoms with E-state index in [1.807, 2.05) is 37.8 Å². The molecule has 3 aromatic rings. The fourth-order valence-electron chi connectivity index (χ4n) is 6.32. The van der Waals surface area contributed by atoms with Gasteiger partial charge in [-0.05, 0) is 65.1 Å². The molecule has 1 aromatic carbocycles. The highest BCUT2D eigenvalue weighted by Gasteiger charge is 2.61. The maximum atomic E-state index is 13.8. The van der Waals surface area contributed by atoms with Gasteiger partial charge in [-0.15, -0.1) is 0 Å². The summed E-state index contributed by atoms with van der Waals surface area (Å²) in [6.07, 6.45) is 3.55. The number of amides is 2. The number of piperidine rings is 1. The number of nitrogens with zero attached hydrogens (tertiary/aromatic N) is 6. The second kappa shape index (κ2) is 10.8. The average Bonchev–Trinajstić information content (AvgIpc) is 3.51. The summed E-state index contributed by atoms with van der Waals surface area (Å²) in [4.78, 5) is 43.3. The molecule has 14 heteroatoms. The number of imidazole rings is 1. The van der Waals surface area contributed by atoms with Crippen molar-refractivity contribution >= 4 is 56.7 Å². The lowest BCUT2D eigenvalue weighted by molar-refractivity contribution is -0.165. The highest BCUT2D eigenvalue weighted by molar-refractivity contribution is 9.10. The number of carbonyl (C=O) groups is 2. The van der Waals surface area contributed by atoms with Crippen LogP contribution in [0.1, 0.15) is 46.5 Å². The van der Waals surface area contributed by atoms with Crippen molar-refractivity contribution in [2.45, 2.75) is 68.6 Å². The van der Waals surface area contributed by atoms with Crippen molar-refractivity contribution in [3.63, 3.8) is 0 Å². The number of hydrogen-bond acceptors (Lipinski definition) is 9. The van der Waals surface area contributed by atoms with E-state index in [-0.39, 0.29) is 12.7 Å². The van der Waals surface area contributed by atoms with E-state index in [1.54, 1.807) is 0 Å². The standard InChI is InChI=1S/C28H34BrN7O5S/c1-27(2,3)28(7-11-36(28)26(38)39)24(37)34-8-4-16(5-9-34)6-10-35-23-21(22(30)31-14-32-23)33-25(35)42-20-13-19-18(12-17(20)29)40-15-41-19/h12-14,16H,4-11,15H2,1-3H3,(H,38,39)(H2,30,31,32)/t28-/m1/s1. The first-order valence-corrected chi connectivity index (χ1v) is 15.6. The van der Waals surface area contributed by atoms with Crippen molar-refractivity contribution in [1.82, 2.24) is 29.3 Å². The van der Waals surface area contributed by atoms with Crippen molar-refractivity contribution in [2.75, 3.05) is 32.2 Å². The molecule has 5 heterocycles. The average molecular weight is 661 g/mol. The summed E-state index contributed by atoms with van der Waals surface area (Å²) < 4.78 is 14.0. The number of anilines is 1. The number of fused-ring (bicyclic) bond motifs is 2. The van der Waals surface area contributed by atoms with E-state index in [0.717, 1.165) is 33.8 Å². The van der Waals surface area contributed by atoms with Crippen LogP contribution < -0.4 is 15.2 Å². The summed E-state index contributed by atoms with van der Waals surface area (Å²) in [5, 5.41) is 10.5. The lowest BCUT2D eigenvalue weighted by atomic mass is 9.64. The molecule has 2 aromatic heterocycles. The fourth-order valence-corrected chi connectivity index (χ4v) is 7.82. The van der Waals surface area contributed by atoms with Crippen LogP contribution in [-0.4, -0.2) is 78.4 Å². The SMILES string of the molecule is CC(C)(C)[C@]1(C(=O)N2CCC(CCn3c(Sc4cc5c(cc4Br)OCO5)nc4c(N)ncnc43)CC2)CCN1C(=O)O. The van der Waals surface area contributed by atoms with E-state index in [2.05, 4.69) is 30.5 Å². The van der Waals surface area contributed by atoms with E-state index < -0.39 is 17.0 Å². The lowest BCUT2D eigenvalue weighted by Gasteiger charge is -2.58. The largest absolute Gasteiger partial charge is 0.465 e. The second-order valence-electron chi connectivity index (χ2n) is 12.0. The van der Waals surface area contributed by atoms with Gasteiger partial charge in [0.1, 0.15) is 11.9 Å². The van der Waals surface area contributed by atoms with Crippen LogP contribution in [0, 0.1) is 11.3 Å². The summed E-state index contributed by atoms with van der Waals surface area (Å²) in [6.45, 7) is 8.35. The number of hydrogen-bond donors (Lipinski definition) is 2. The van der Waals surface area contributed by atoms with Crippen molar-refractivity contribution in [1.29, 1.82) is 0 Å². The summed E-state index contributed by atoms with van der Waals surface area (Å²) in [5.74, 6) is 2.04. The predicted octanol–water partition coefficient (Wildman–Crippen LogP) is 4.85. The number of ether oxygens (including phenoxy) is 2. The fraction of sp³-hybridized carbons (Fsp3) is 0.536. The van der Waals surface area contributed by atoms with E-state index in [4.69, 9.17) is 20.2 Å². The van der Waals surface area contributed by atoms with Gasteiger partial charge in [0.25, 0.3) is 0 Å². The molecule has 2 saturated heterocycles. The molecule has 224 valence electrons. The smallest absolute Gasteiger partial charge is 0.408 e. The van der Waals surface area contributed by atoms with Crippen LogP contribution in [0.5, 0.6) is 11.5 Å². The molecule has 42 heavy (non-hydrogen) atoms. The summed E-state index contributed by atoms with van der Waals surface area (Å²) in [6, 6.07) is 3.82. The Labute approximate surface area is 256 Å². The van der Waals surface area contributed by atoms with Gasteiger partial charge in [0.05, 0.1) is 0 Å². The molecule has 1 atom stereocenters. The number of aromatic nitrogens is 4. The number of carboxylic acid groups (broad SMARTS) is 1. The molecule has 0 radical (unpaired) electrons. The highest BCUT2D eigenvalue weighted by Crippen LogP contribution is 2.47. The van der Waals surface area contributed by atoms with Gasteiger partial charge in [-0.2, -0.15) is 0 Å². The molecule has 2 fully saturated rings.